The molecule has 0 N–H and O–H groups in total. The van der Waals surface area contributed by atoms with Crippen LogP contribution in [0.15, 0.2) is 59.3 Å². The van der Waals surface area contributed by atoms with Gasteiger partial charge in [-0.15, -0.1) is 6.58 Å². The summed E-state index contributed by atoms with van der Waals surface area (Å²) >= 11 is 0. The Morgan fingerprint density at radius 3 is 2.41 bits per heavy atom. The summed E-state index contributed by atoms with van der Waals surface area (Å²) in [4.78, 5) is 0. The van der Waals surface area contributed by atoms with Gasteiger partial charge in [0.15, 0.2) is 11.6 Å². The molecule has 0 fully saturated rings. The highest BCUT2D eigenvalue weighted by atomic mass is 19.2. The highest BCUT2D eigenvalue weighted by Crippen LogP contribution is 2.21. The van der Waals surface area contributed by atoms with Gasteiger partial charge in [-0.1, -0.05) is 30.3 Å². The molecule has 2 aromatic rings. The molecule has 0 radical (unpaired) electrons. The average molecular weight is 370 g/mol. The van der Waals surface area contributed by atoms with Crippen molar-refractivity contribution in [1.29, 1.82) is 0 Å². The molecule has 0 saturated heterocycles. The van der Waals surface area contributed by atoms with E-state index in [-0.39, 0.29) is 17.9 Å². The van der Waals surface area contributed by atoms with E-state index >= 15 is 0 Å². The number of halogens is 2. The molecule has 0 unspecified atom stereocenters. The number of hydrogen-bond acceptors (Lipinski definition) is 3. The zero-order valence-electron chi connectivity index (χ0n) is 15.5. The molecular weight excluding hydrogens is 346 g/mol. The van der Waals surface area contributed by atoms with E-state index < -0.39 is 11.6 Å². The summed E-state index contributed by atoms with van der Waals surface area (Å²) in [7, 11) is 0. The second kappa shape index (κ2) is 11.0. The second-order valence-corrected chi connectivity index (χ2v) is 5.98. The van der Waals surface area contributed by atoms with Gasteiger partial charge in [-0.05, 0) is 55.9 Å². The summed E-state index contributed by atoms with van der Waals surface area (Å²) < 4.78 is 32.7. The maximum absolute atomic E-state index is 13.9. The molecule has 0 spiro atoms. The van der Waals surface area contributed by atoms with E-state index in [2.05, 4.69) is 28.9 Å². The van der Waals surface area contributed by atoms with E-state index in [1.54, 1.807) is 13.1 Å². The van der Waals surface area contributed by atoms with Crippen molar-refractivity contribution in [2.75, 3.05) is 6.61 Å². The third-order valence-electron chi connectivity index (χ3n) is 3.95. The van der Waals surface area contributed by atoms with Gasteiger partial charge in [-0.2, -0.15) is 14.6 Å². The molecule has 2 rings (SSSR count). The Balaban J connectivity index is 1.93. The van der Waals surface area contributed by atoms with E-state index in [4.69, 9.17) is 4.74 Å². The Labute approximate surface area is 159 Å². The minimum Gasteiger partial charge on any atom is -0.491 e. The van der Waals surface area contributed by atoms with E-state index in [0.29, 0.717) is 0 Å². The topological polar surface area (TPSA) is 34.0 Å². The lowest BCUT2D eigenvalue weighted by Gasteiger charge is -2.05. The van der Waals surface area contributed by atoms with Crippen molar-refractivity contribution >= 4 is 12.4 Å². The molecule has 0 aliphatic rings. The number of ether oxygens (including phenoxy) is 1. The lowest BCUT2D eigenvalue weighted by Crippen LogP contribution is -2.00. The second-order valence-electron chi connectivity index (χ2n) is 5.98. The van der Waals surface area contributed by atoms with Crippen LogP contribution in [0, 0.1) is 11.6 Å². The van der Waals surface area contributed by atoms with E-state index in [9.17, 15) is 8.78 Å². The van der Waals surface area contributed by atoms with Crippen LogP contribution in [0.2, 0.25) is 0 Å². The minimum absolute atomic E-state index is 0.0166. The summed E-state index contributed by atoms with van der Waals surface area (Å²) in [5.41, 5.74) is 2.18. The monoisotopic (exact) mass is 370 g/mol. The van der Waals surface area contributed by atoms with Gasteiger partial charge in [-0.3, -0.25) is 0 Å². The first kappa shape index (κ1) is 20.5. The van der Waals surface area contributed by atoms with Crippen LogP contribution in [0.25, 0.3) is 0 Å². The summed E-state index contributed by atoms with van der Waals surface area (Å²) in [6.07, 6.45) is 9.04. The van der Waals surface area contributed by atoms with Gasteiger partial charge in [0.25, 0.3) is 0 Å². The number of nitrogens with zero attached hydrogens (tertiary/aromatic N) is 2. The molecule has 0 aliphatic carbocycles. The van der Waals surface area contributed by atoms with Crippen molar-refractivity contribution in [3.05, 3.63) is 77.4 Å². The van der Waals surface area contributed by atoms with Crippen LogP contribution < -0.4 is 4.74 Å². The number of benzene rings is 2. The van der Waals surface area contributed by atoms with Crippen LogP contribution in [-0.4, -0.2) is 19.0 Å². The molecule has 0 bridgehead atoms. The van der Waals surface area contributed by atoms with Crippen LogP contribution in [0.4, 0.5) is 8.78 Å². The van der Waals surface area contributed by atoms with E-state index in [1.807, 2.05) is 18.2 Å². The Bertz CT molecular complexity index is 799. The van der Waals surface area contributed by atoms with Crippen molar-refractivity contribution in [2.24, 2.45) is 10.2 Å². The van der Waals surface area contributed by atoms with Crippen molar-refractivity contribution < 1.29 is 13.5 Å². The van der Waals surface area contributed by atoms with Gasteiger partial charge in [0, 0.05) is 5.56 Å². The molecule has 2 aromatic carbocycles. The Hall–Kier alpha value is -2.82. The maximum Gasteiger partial charge on any atom is 0.201 e. The lowest BCUT2D eigenvalue weighted by molar-refractivity contribution is 0.314. The van der Waals surface area contributed by atoms with E-state index in [0.717, 1.165) is 31.2 Å². The van der Waals surface area contributed by atoms with Crippen molar-refractivity contribution in [3.63, 3.8) is 0 Å². The van der Waals surface area contributed by atoms with Crippen molar-refractivity contribution in [2.45, 2.75) is 32.6 Å². The quantitative estimate of drug-likeness (QED) is 0.228. The Morgan fingerprint density at radius 1 is 0.963 bits per heavy atom. The third-order valence-corrected chi connectivity index (χ3v) is 3.95. The number of aryl methyl sites for hydroxylation is 1. The molecule has 0 heterocycles. The van der Waals surface area contributed by atoms with Gasteiger partial charge in [0.1, 0.15) is 0 Å². The SMILES string of the molecule is C=CCCCCc1ccc(C=NN=Cc2ccc(OCC)c(F)c2F)cc1. The van der Waals surface area contributed by atoms with Gasteiger partial charge in [0.2, 0.25) is 5.82 Å². The summed E-state index contributed by atoms with van der Waals surface area (Å²) in [6, 6.07) is 10.8. The average Bonchev–Trinajstić information content (AvgIpc) is 2.69. The smallest absolute Gasteiger partial charge is 0.201 e. The largest absolute Gasteiger partial charge is 0.491 e. The number of allylic oxidation sites excluding steroid dienone is 1. The predicted molar refractivity (Wildman–Crippen MR) is 107 cm³/mol. The molecule has 0 atom stereocenters. The van der Waals surface area contributed by atoms with Gasteiger partial charge >= 0.3 is 0 Å². The summed E-state index contributed by atoms with van der Waals surface area (Å²) in [5, 5.41) is 7.69. The Kier molecular flexibility index (Phi) is 8.36. The van der Waals surface area contributed by atoms with Crippen molar-refractivity contribution in [3.8, 4) is 5.75 Å². The molecule has 3 nitrogen and oxygen atoms in total. The molecule has 5 heteroatoms. The van der Waals surface area contributed by atoms with Gasteiger partial charge < -0.3 is 4.74 Å². The molecule has 0 aromatic heterocycles. The first-order valence-electron chi connectivity index (χ1n) is 9.02. The fraction of sp³-hybridized carbons (Fsp3) is 0.273. The molecule has 0 amide bonds. The fourth-order valence-electron chi connectivity index (χ4n) is 2.50. The zero-order valence-corrected chi connectivity index (χ0v) is 15.5. The van der Waals surface area contributed by atoms with Crippen LogP contribution in [-0.2, 0) is 6.42 Å². The highest BCUT2D eigenvalue weighted by Gasteiger charge is 2.12. The number of rotatable bonds is 10. The predicted octanol–water partition coefficient (Wildman–Crippen LogP) is 5.72. The van der Waals surface area contributed by atoms with E-state index in [1.165, 1.54) is 23.9 Å². The third kappa shape index (κ3) is 6.44. The number of hydrogen-bond donors (Lipinski definition) is 0. The van der Waals surface area contributed by atoms with Crippen LogP contribution in [0.1, 0.15) is 42.9 Å². The summed E-state index contributed by atoms with van der Waals surface area (Å²) in [6.45, 7) is 5.69. The first-order valence-corrected chi connectivity index (χ1v) is 9.02. The normalized spacial score (nSPS) is 11.4. The van der Waals surface area contributed by atoms with Crippen molar-refractivity contribution in [1.82, 2.24) is 0 Å². The van der Waals surface area contributed by atoms with Crippen LogP contribution in [0.3, 0.4) is 0 Å². The zero-order chi connectivity index (χ0) is 19.5. The molecular formula is C22H24F2N2O. The Morgan fingerprint density at radius 2 is 1.70 bits per heavy atom. The molecule has 27 heavy (non-hydrogen) atoms. The molecule has 142 valence electrons. The number of unbranched alkanes of at least 4 members (excludes halogenated alkanes) is 2. The standard InChI is InChI=1S/C22H24F2N2O/c1-3-5-6-7-8-17-9-11-18(12-10-17)15-25-26-16-19-13-14-20(27-4-2)22(24)21(19)23/h3,9-16H,1,4-8H2,2H3. The lowest BCUT2D eigenvalue weighted by atomic mass is 10.1. The van der Waals surface area contributed by atoms with Gasteiger partial charge in [-0.25, -0.2) is 4.39 Å². The highest BCUT2D eigenvalue weighted by molar-refractivity contribution is 5.83. The molecule has 0 saturated carbocycles. The minimum atomic E-state index is -1.02. The first-order chi connectivity index (χ1) is 13.2. The maximum atomic E-state index is 13.9. The summed E-state index contributed by atoms with van der Waals surface area (Å²) in [5.74, 6) is -2.13. The van der Waals surface area contributed by atoms with Crippen LogP contribution >= 0.6 is 0 Å². The van der Waals surface area contributed by atoms with Crippen LogP contribution in [0.5, 0.6) is 5.75 Å². The van der Waals surface area contributed by atoms with Gasteiger partial charge in [0.05, 0.1) is 19.0 Å². The molecule has 0 aliphatic heterocycles. The fourth-order valence-corrected chi connectivity index (χ4v) is 2.50.